The minimum atomic E-state index is -0.696. The minimum Gasteiger partial charge on any atom is -0.330 e. The number of rotatable bonds is 5. The van der Waals surface area contributed by atoms with Crippen molar-refractivity contribution in [2.24, 2.45) is 5.73 Å². The molecule has 2 aromatic carbocycles. The largest absolute Gasteiger partial charge is 0.330 e. The van der Waals surface area contributed by atoms with Gasteiger partial charge in [0.1, 0.15) is 11.6 Å². The van der Waals surface area contributed by atoms with Gasteiger partial charge in [0.2, 0.25) is 0 Å². The molecule has 0 aliphatic carbocycles. The number of hydrogen-bond donors (Lipinski definition) is 1. The number of nitrogens with two attached hydrogens (primary N) is 1. The maximum Gasteiger partial charge on any atom is 0.167 e. The van der Waals surface area contributed by atoms with Crippen LogP contribution in [0.2, 0.25) is 0 Å². The van der Waals surface area contributed by atoms with Gasteiger partial charge >= 0.3 is 0 Å². The predicted octanol–water partition coefficient (Wildman–Crippen LogP) is 2.89. The van der Waals surface area contributed by atoms with E-state index < -0.39 is 11.6 Å². The first-order valence-corrected chi connectivity index (χ1v) is 6.36. The summed E-state index contributed by atoms with van der Waals surface area (Å²) < 4.78 is 26.3. The Kier molecular flexibility index (Phi) is 4.58. The zero-order valence-electron chi connectivity index (χ0n) is 10.9. The minimum absolute atomic E-state index is 0.0810. The molecule has 0 radical (unpaired) electrons. The molecule has 0 spiro atoms. The van der Waals surface area contributed by atoms with E-state index >= 15 is 0 Å². The lowest BCUT2D eigenvalue weighted by atomic mass is 10.0. The molecule has 0 saturated heterocycles. The maximum absolute atomic E-state index is 13.5. The van der Waals surface area contributed by atoms with E-state index in [1.807, 2.05) is 12.1 Å². The van der Waals surface area contributed by atoms with Crippen molar-refractivity contribution in [2.45, 2.75) is 12.8 Å². The molecule has 4 heteroatoms. The highest BCUT2D eigenvalue weighted by atomic mass is 19.1. The van der Waals surface area contributed by atoms with Gasteiger partial charge in [-0.25, -0.2) is 8.78 Å². The summed E-state index contributed by atoms with van der Waals surface area (Å²) in [7, 11) is 0. The van der Waals surface area contributed by atoms with Crippen LogP contribution in [0.5, 0.6) is 0 Å². The fourth-order valence-electron chi connectivity index (χ4n) is 1.96. The predicted molar refractivity (Wildman–Crippen MR) is 73.6 cm³/mol. The molecule has 0 aliphatic heterocycles. The summed E-state index contributed by atoms with van der Waals surface area (Å²) in [5.74, 6) is -1.54. The van der Waals surface area contributed by atoms with Crippen LogP contribution in [0.25, 0.3) is 0 Å². The number of Topliss-reactive ketones (excluding diaryl/α,β-unsaturated/α-hetero) is 1. The van der Waals surface area contributed by atoms with Gasteiger partial charge in [-0.2, -0.15) is 0 Å². The summed E-state index contributed by atoms with van der Waals surface area (Å²) in [5, 5.41) is 0. The van der Waals surface area contributed by atoms with E-state index in [1.165, 1.54) is 6.07 Å². The molecule has 20 heavy (non-hydrogen) atoms. The van der Waals surface area contributed by atoms with Crippen molar-refractivity contribution in [1.29, 1.82) is 0 Å². The van der Waals surface area contributed by atoms with Crippen LogP contribution >= 0.6 is 0 Å². The van der Waals surface area contributed by atoms with Crippen LogP contribution in [-0.4, -0.2) is 12.3 Å². The standard InChI is InChI=1S/C16H15F2NO/c17-14-6-5-13(15(18)10-14)9-16(20)12-3-1-11(2-4-12)7-8-19/h1-6,10H,7-9,19H2. The Labute approximate surface area is 116 Å². The summed E-state index contributed by atoms with van der Waals surface area (Å²) in [6, 6.07) is 10.3. The van der Waals surface area contributed by atoms with Crippen LogP contribution in [0, 0.1) is 11.6 Å². The Morgan fingerprint density at radius 1 is 1.05 bits per heavy atom. The van der Waals surface area contributed by atoms with Gasteiger partial charge in [-0.05, 0) is 30.2 Å². The zero-order chi connectivity index (χ0) is 14.5. The average molecular weight is 275 g/mol. The highest BCUT2D eigenvalue weighted by molar-refractivity contribution is 5.97. The van der Waals surface area contributed by atoms with Crippen LogP contribution in [0.4, 0.5) is 8.78 Å². The van der Waals surface area contributed by atoms with Crippen LogP contribution in [0.15, 0.2) is 42.5 Å². The summed E-state index contributed by atoms with van der Waals surface area (Å²) in [5.41, 5.74) is 7.21. The topological polar surface area (TPSA) is 43.1 Å². The Morgan fingerprint density at radius 3 is 2.35 bits per heavy atom. The molecule has 0 atom stereocenters. The quantitative estimate of drug-likeness (QED) is 0.853. The second kappa shape index (κ2) is 6.39. The van der Waals surface area contributed by atoms with E-state index in [9.17, 15) is 13.6 Å². The fourth-order valence-corrected chi connectivity index (χ4v) is 1.96. The highest BCUT2D eigenvalue weighted by Gasteiger charge is 2.11. The smallest absolute Gasteiger partial charge is 0.167 e. The molecule has 0 bridgehead atoms. The number of carbonyl (C=O) groups excluding carboxylic acids is 1. The van der Waals surface area contributed by atoms with Crippen molar-refractivity contribution in [3.05, 3.63) is 70.8 Å². The zero-order valence-corrected chi connectivity index (χ0v) is 10.9. The third kappa shape index (κ3) is 3.48. The van der Waals surface area contributed by atoms with Gasteiger partial charge in [-0.3, -0.25) is 4.79 Å². The number of hydrogen-bond acceptors (Lipinski definition) is 2. The number of benzene rings is 2. The van der Waals surface area contributed by atoms with Crippen LogP contribution in [0.3, 0.4) is 0 Å². The molecule has 0 heterocycles. The molecular weight excluding hydrogens is 260 g/mol. The third-order valence-electron chi connectivity index (χ3n) is 3.08. The average Bonchev–Trinajstić information content (AvgIpc) is 2.43. The van der Waals surface area contributed by atoms with E-state index in [-0.39, 0.29) is 17.8 Å². The normalized spacial score (nSPS) is 10.6. The summed E-state index contributed by atoms with van der Waals surface area (Å²) in [6.45, 7) is 0.550. The van der Waals surface area contributed by atoms with E-state index in [0.717, 1.165) is 24.1 Å². The van der Waals surface area contributed by atoms with Gasteiger partial charge < -0.3 is 5.73 Å². The molecule has 0 aromatic heterocycles. The summed E-state index contributed by atoms with van der Waals surface area (Å²) in [4.78, 5) is 12.0. The van der Waals surface area contributed by atoms with Crippen molar-refractivity contribution >= 4 is 5.78 Å². The molecule has 2 nitrogen and oxygen atoms in total. The number of carbonyl (C=O) groups is 1. The molecule has 0 aliphatic rings. The van der Waals surface area contributed by atoms with Crippen molar-refractivity contribution < 1.29 is 13.6 Å². The molecular formula is C16H15F2NO. The van der Waals surface area contributed by atoms with Crippen molar-refractivity contribution in [2.75, 3.05) is 6.54 Å². The second-order valence-electron chi connectivity index (χ2n) is 4.57. The second-order valence-corrected chi connectivity index (χ2v) is 4.57. The van der Waals surface area contributed by atoms with Gasteiger partial charge in [0.15, 0.2) is 5.78 Å². The Balaban J connectivity index is 2.11. The SMILES string of the molecule is NCCc1ccc(C(=O)Cc2ccc(F)cc2F)cc1. The van der Waals surface area contributed by atoms with Gasteiger partial charge in [0.05, 0.1) is 0 Å². The lowest BCUT2D eigenvalue weighted by Crippen LogP contribution is -2.06. The van der Waals surface area contributed by atoms with E-state index in [0.29, 0.717) is 12.1 Å². The van der Waals surface area contributed by atoms with E-state index in [4.69, 9.17) is 5.73 Å². The lowest BCUT2D eigenvalue weighted by molar-refractivity contribution is 0.0991. The number of ketones is 1. The van der Waals surface area contributed by atoms with Crippen LogP contribution < -0.4 is 5.73 Å². The Morgan fingerprint density at radius 2 is 1.75 bits per heavy atom. The van der Waals surface area contributed by atoms with E-state index in [1.54, 1.807) is 12.1 Å². The molecule has 0 unspecified atom stereocenters. The first-order chi connectivity index (χ1) is 9.60. The monoisotopic (exact) mass is 275 g/mol. The van der Waals surface area contributed by atoms with Gasteiger partial charge in [-0.1, -0.05) is 30.3 Å². The van der Waals surface area contributed by atoms with E-state index in [2.05, 4.69) is 0 Å². The molecule has 2 aromatic rings. The first kappa shape index (κ1) is 14.3. The van der Waals surface area contributed by atoms with Crippen LogP contribution in [0.1, 0.15) is 21.5 Å². The molecule has 2 rings (SSSR count). The highest BCUT2D eigenvalue weighted by Crippen LogP contribution is 2.14. The van der Waals surface area contributed by atoms with Crippen molar-refractivity contribution in [3.8, 4) is 0 Å². The van der Waals surface area contributed by atoms with Crippen LogP contribution in [-0.2, 0) is 12.8 Å². The molecule has 0 amide bonds. The maximum atomic E-state index is 13.5. The van der Waals surface area contributed by atoms with Gasteiger partial charge in [0.25, 0.3) is 0 Å². The number of halogens is 2. The Hall–Kier alpha value is -2.07. The van der Waals surface area contributed by atoms with Gasteiger partial charge in [0, 0.05) is 18.1 Å². The van der Waals surface area contributed by atoms with Crippen molar-refractivity contribution in [3.63, 3.8) is 0 Å². The van der Waals surface area contributed by atoms with Gasteiger partial charge in [-0.15, -0.1) is 0 Å². The summed E-state index contributed by atoms with van der Waals surface area (Å²) >= 11 is 0. The Bertz CT molecular complexity index is 608. The van der Waals surface area contributed by atoms with Crippen molar-refractivity contribution in [1.82, 2.24) is 0 Å². The molecule has 104 valence electrons. The lowest BCUT2D eigenvalue weighted by Gasteiger charge is -2.05. The fraction of sp³-hybridized carbons (Fsp3) is 0.188. The molecule has 0 saturated carbocycles. The first-order valence-electron chi connectivity index (χ1n) is 6.36. The molecule has 0 fully saturated rings. The third-order valence-corrected chi connectivity index (χ3v) is 3.08. The summed E-state index contributed by atoms with van der Waals surface area (Å²) in [6.07, 6.45) is 0.670. The molecule has 2 N–H and O–H groups in total.